The number of nitrogens with zero attached hydrogens (tertiary/aromatic N) is 3. The van der Waals surface area contributed by atoms with Gasteiger partial charge in [0.25, 0.3) is 5.69 Å². The van der Waals surface area contributed by atoms with E-state index in [1.54, 1.807) is 17.0 Å². The average Bonchev–Trinajstić information content (AvgIpc) is 3.29. The fourth-order valence-corrected chi connectivity index (χ4v) is 4.49. The first-order valence-electron chi connectivity index (χ1n) is 9.12. The van der Waals surface area contributed by atoms with Crippen LogP contribution in [0.1, 0.15) is 12.8 Å². The maximum absolute atomic E-state index is 13.0. The number of hydrogen-bond donors (Lipinski definition) is 1. The highest BCUT2D eigenvalue weighted by atomic mass is 16.6. The summed E-state index contributed by atoms with van der Waals surface area (Å²) in [6, 6.07) is 6.35. The highest BCUT2D eigenvalue weighted by molar-refractivity contribution is 5.86. The number of rotatable bonds is 4. The zero-order valence-electron chi connectivity index (χ0n) is 14.7. The molecule has 0 unspecified atom stereocenters. The summed E-state index contributed by atoms with van der Waals surface area (Å²) in [5, 5.41) is 20.3. The lowest BCUT2D eigenvalue weighted by Crippen LogP contribution is -2.53. The Hall–Kier alpha value is -2.68. The standard InChI is InChI=1S/C18H21N3O6/c22-17(15-13-5-6-14(27-13)16(15)18(23)24)20-9-7-19(8-10-20)11-1-3-12(4-2-11)21(25)26/h1-4,13-16H,5-10H2,(H,23,24)/t13-,14-,15-,16-/m1/s1. The molecule has 1 amide bonds. The summed E-state index contributed by atoms with van der Waals surface area (Å²) >= 11 is 0. The number of carbonyl (C=O) groups is 2. The van der Waals surface area contributed by atoms with Crippen molar-refractivity contribution < 1.29 is 24.4 Å². The molecule has 2 bridgehead atoms. The number of nitro groups is 1. The van der Waals surface area contributed by atoms with Crippen molar-refractivity contribution >= 4 is 23.3 Å². The molecule has 27 heavy (non-hydrogen) atoms. The van der Waals surface area contributed by atoms with Crippen molar-refractivity contribution in [2.75, 3.05) is 31.1 Å². The minimum absolute atomic E-state index is 0.0450. The number of carbonyl (C=O) groups excluding carboxylic acids is 1. The number of anilines is 1. The van der Waals surface area contributed by atoms with Gasteiger partial charge in [0, 0.05) is 44.0 Å². The first kappa shape index (κ1) is 17.7. The van der Waals surface area contributed by atoms with Crippen LogP contribution in [0.3, 0.4) is 0 Å². The summed E-state index contributed by atoms with van der Waals surface area (Å²) < 4.78 is 5.70. The minimum Gasteiger partial charge on any atom is -0.481 e. The van der Waals surface area contributed by atoms with Gasteiger partial charge in [-0.05, 0) is 25.0 Å². The van der Waals surface area contributed by atoms with E-state index in [9.17, 15) is 24.8 Å². The second-order valence-electron chi connectivity index (χ2n) is 7.27. The molecule has 3 heterocycles. The predicted octanol–water partition coefficient (Wildman–Crippen LogP) is 1.12. The summed E-state index contributed by atoms with van der Waals surface area (Å²) in [6.07, 6.45) is 0.826. The van der Waals surface area contributed by atoms with Crippen LogP contribution >= 0.6 is 0 Å². The molecule has 3 fully saturated rings. The largest absolute Gasteiger partial charge is 0.481 e. The highest BCUT2D eigenvalue weighted by Gasteiger charge is 2.56. The molecule has 4 rings (SSSR count). The molecular formula is C18H21N3O6. The summed E-state index contributed by atoms with van der Waals surface area (Å²) in [6.45, 7) is 2.19. The van der Waals surface area contributed by atoms with Crippen molar-refractivity contribution in [1.82, 2.24) is 4.90 Å². The van der Waals surface area contributed by atoms with Gasteiger partial charge in [-0.15, -0.1) is 0 Å². The summed E-state index contributed by atoms with van der Waals surface area (Å²) in [5.41, 5.74) is 0.919. The fourth-order valence-electron chi connectivity index (χ4n) is 4.49. The third-order valence-corrected chi connectivity index (χ3v) is 5.86. The van der Waals surface area contributed by atoms with Crippen LogP contribution in [0.5, 0.6) is 0 Å². The maximum Gasteiger partial charge on any atom is 0.310 e. The average molecular weight is 375 g/mol. The molecule has 9 nitrogen and oxygen atoms in total. The van der Waals surface area contributed by atoms with Gasteiger partial charge in [0.1, 0.15) is 0 Å². The quantitative estimate of drug-likeness (QED) is 0.620. The smallest absolute Gasteiger partial charge is 0.310 e. The second-order valence-corrected chi connectivity index (χ2v) is 7.27. The SMILES string of the molecule is O=C(O)[C@H]1[C@H](C(=O)N2CCN(c3ccc([N+](=O)[O-])cc3)CC2)[C@H]2CC[C@H]1O2. The van der Waals surface area contributed by atoms with Crippen molar-refractivity contribution in [2.45, 2.75) is 25.0 Å². The number of hydrogen-bond acceptors (Lipinski definition) is 6. The van der Waals surface area contributed by atoms with E-state index in [0.717, 1.165) is 12.1 Å². The Morgan fingerprint density at radius 1 is 1.04 bits per heavy atom. The van der Waals surface area contributed by atoms with E-state index < -0.39 is 22.7 Å². The van der Waals surface area contributed by atoms with Crippen LogP contribution in [-0.4, -0.2) is 65.2 Å². The van der Waals surface area contributed by atoms with E-state index in [4.69, 9.17) is 4.74 Å². The first-order valence-corrected chi connectivity index (χ1v) is 9.12. The molecule has 3 aliphatic heterocycles. The molecule has 9 heteroatoms. The number of ether oxygens (including phenoxy) is 1. The van der Waals surface area contributed by atoms with Crippen molar-refractivity contribution in [3.63, 3.8) is 0 Å². The Bertz CT molecular complexity index is 759. The number of aliphatic carboxylic acids is 1. The third-order valence-electron chi connectivity index (χ3n) is 5.86. The monoisotopic (exact) mass is 375 g/mol. The van der Waals surface area contributed by atoms with E-state index in [0.29, 0.717) is 32.6 Å². The van der Waals surface area contributed by atoms with Crippen LogP contribution in [0.15, 0.2) is 24.3 Å². The molecule has 0 aliphatic carbocycles. The number of nitro benzene ring substituents is 1. The number of non-ortho nitro benzene ring substituents is 1. The molecule has 4 atom stereocenters. The molecule has 3 saturated heterocycles. The molecule has 0 spiro atoms. The maximum atomic E-state index is 13.0. The number of amides is 1. The van der Waals surface area contributed by atoms with Crippen molar-refractivity contribution in [2.24, 2.45) is 11.8 Å². The molecule has 0 aromatic heterocycles. The van der Waals surface area contributed by atoms with Crippen LogP contribution < -0.4 is 4.90 Å². The van der Waals surface area contributed by atoms with Crippen LogP contribution in [0, 0.1) is 22.0 Å². The Morgan fingerprint density at radius 3 is 2.19 bits per heavy atom. The fraction of sp³-hybridized carbons (Fsp3) is 0.556. The summed E-state index contributed by atoms with van der Waals surface area (Å²) in [5.74, 6) is -2.42. The van der Waals surface area contributed by atoms with Gasteiger partial charge >= 0.3 is 5.97 Å². The molecule has 1 N–H and O–H groups in total. The Labute approximate surface area is 155 Å². The van der Waals surface area contributed by atoms with Crippen LogP contribution in [-0.2, 0) is 14.3 Å². The normalized spacial score (nSPS) is 29.8. The number of piperazine rings is 1. The molecule has 3 aliphatic rings. The van der Waals surface area contributed by atoms with Crippen LogP contribution in [0.25, 0.3) is 0 Å². The second kappa shape index (κ2) is 6.80. The van der Waals surface area contributed by atoms with Gasteiger partial charge in [-0.3, -0.25) is 19.7 Å². The molecule has 0 radical (unpaired) electrons. The summed E-state index contributed by atoms with van der Waals surface area (Å²) in [7, 11) is 0. The first-order chi connectivity index (χ1) is 13.0. The zero-order chi connectivity index (χ0) is 19.1. The Kier molecular flexibility index (Phi) is 4.47. The van der Waals surface area contributed by atoms with E-state index in [-0.39, 0.29) is 23.8 Å². The molecule has 0 saturated carbocycles. The predicted molar refractivity (Wildman–Crippen MR) is 94.4 cm³/mol. The summed E-state index contributed by atoms with van der Waals surface area (Å²) in [4.78, 5) is 38.7. The van der Waals surface area contributed by atoms with Crippen molar-refractivity contribution in [1.29, 1.82) is 0 Å². The molecular weight excluding hydrogens is 354 g/mol. The highest BCUT2D eigenvalue weighted by Crippen LogP contribution is 2.44. The molecule has 1 aromatic rings. The van der Waals surface area contributed by atoms with Gasteiger partial charge < -0.3 is 19.6 Å². The van der Waals surface area contributed by atoms with Crippen LogP contribution in [0.4, 0.5) is 11.4 Å². The number of benzene rings is 1. The van der Waals surface area contributed by atoms with Gasteiger partial charge in [-0.1, -0.05) is 0 Å². The van der Waals surface area contributed by atoms with E-state index in [1.165, 1.54) is 12.1 Å². The van der Waals surface area contributed by atoms with Gasteiger partial charge in [-0.2, -0.15) is 0 Å². The van der Waals surface area contributed by atoms with Gasteiger partial charge in [0.05, 0.1) is 29.0 Å². The molecule has 1 aromatic carbocycles. The zero-order valence-corrected chi connectivity index (χ0v) is 14.7. The number of carboxylic acids is 1. The lowest BCUT2D eigenvalue weighted by Gasteiger charge is -2.38. The van der Waals surface area contributed by atoms with E-state index >= 15 is 0 Å². The minimum atomic E-state index is -0.954. The lowest BCUT2D eigenvalue weighted by atomic mass is 9.78. The number of carboxylic acid groups (broad SMARTS) is 1. The van der Waals surface area contributed by atoms with E-state index in [1.807, 2.05) is 0 Å². The topological polar surface area (TPSA) is 113 Å². The van der Waals surface area contributed by atoms with Crippen molar-refractivity contribution in [3.8, 4) is 0 Å². The number of fused-ring (bicyclic) bond motifs is 2. The van der Waals surface area contributed by atoms with Gasteiger partial charge in [-0.25, -0.2) is 0 Å². The van der Waals surface area contributed by atoms with Crippen molar-refractivity contribution in [3.05, 3.63) is 34.4 Å². The van der Waals surface area contributed by atoms with Gasteiger partial charge in [0.15, 0.2) is 0 Å². The lowest BCUT2D eigenvalue weighted by molar-refractivity contribution is -0.384. The Morgan fingerprint density at radius 2 is 1.63 bits per heavy atom. The Balaban J connectivity index is 1.39. The van der Waals surface area contributed by atoms with E-state index in [2.05, 4.69) is 4.90 Å². The van der Waals surface area contributed by atoms with Crippen LogP contribution in [0.2, 0.25) is 0 Å². The van der Waals surface area contributed by atoms with Gasteiger partial charge in [0.2, 0.25) is 5.91 Å². The molecule has 144 valence electrons. The third kappa shape index (κ3) is 3.12.